The number of hydrogen-bond acceptors (Lipinski definition) is 3. The van der Waals surface area contributed by atoms with Crippen LogP contribution in [-0.2, 0) is 0 Å². The van der Waals surface area contributed by atoms with Crippen LogP contribution in [0, 0.1) is 6.92 Å². The van der Waals surface area contributed by atoms with E-state index in [2.05, 4.69) is 21.7 Å². The number of nitrogens with zero attached hydrogens (tertiary/aromatic N) is 3. The summed E-state index contributed by atoms with van der Waals surface area (Å²) in [5, 5.41) is 8.38. The largest absolute Gasteiger partial charge is 0.399 e. The fourth-order valence-electron chi connectivity index (χ4n) is 2.77. The maximum atomic E-state index is 5.88. The second-order valence-electron chi connectivity index (χ2n) is 5.07. The lowest BCUT2D eigenvalue weighted by molar-refractivity contribution is 0.522. The van der Waals surface area contributed by atoms with Gasteiger partial charge in [-0.05, 0) is 37.5 Å². The van der Waals surface area contributed by atoms with Crippen LogP contribution in [0.15, 0.2) is 24.5 Å². The van der Waals surface area contributed by atoms with E-state index in [9.17, 15) is 0 Å². The standard InChI is InChI=1S/C14H18N4/c1-10-6-7-11(15)8-13(10)14-17-16-9-18(14)12-4-2-3-5-12/h6-9,12H,2-5,15H2,1H3. The summed E-state index contributed by atoms with van der Waals surface area (Å²) in [4.78, 5) is 0. The van der Waals surface area contributed by atoms with Crippen molar-refractivity contribution in [3.8, 4) is 11.4 Å². The molecule has 1 aromatic carbocycles. The summed E-state index contributed by atoms with van der Waals surface area (Å²) in [5.74, 6) is 0.951. The van der Waals surface area contributed by atoms with E-state index in [1.54, 1.807) is 0 Å². The normalized spacial score (nSPS) is 16.3. The van der Waals surface area contributed by atoms with Crippen molar-refractivity contribution in [3.05, 3.63) is 30.1 Å². The van der Waals surface area contributed by atoms with E-state index in [0.29, 0.717) is 6.04 Å². The van der Waals surface area contributed by atoms with Crippen LogP contribution in [0.25, 0.3) is 11.4 Å². The van der Waals surface area contributed by atoms with Crippen molar-refractivity contribution in [2.75, 3.05) is 5.73 Å². The molecule has 2 N–H and O–H groups in total. The minimum atomic E-state index is 0.552. The molecule has 3 rings (SSSR count). The van der Waals surface area contributed by atoms with E-state index in [1.165, 1.54) is 31.2 Å². The van der Waals surface area contributed by atoms with Gasteiger partial charge in [-0.2, -0.15) is 0 Å². The molecular formula is C14H18N4. The molecule has 1 aliphatic rings. The summed E-state index contributed by atoms with van der Waals surface area (Å²) in [6.45, 7) is 2.09. The lowest BCUT2D eigenvalue weighted by atomic mass is 10.1. The molecule has 18 heavy (non-hydrogen) atoms. The highest BCUT2D eigenvalue weighted by Gasteiger charge is 2.21. The van der Waals surface area contributed by atoms with Crippen molar-refractivity contribution in [1.29, 1.82) is 0 Å². The van der Waals surface area contributed by atoms with E-state index in [-0.39, 0.29) is 0 Å². The SMILES string of the molecule is Cc1ccc(N)cc1-c1nncn1C1CCCC1. The molecule has 1 saturated carbocycles. The second kappa shape index (κ2) is 4.44. The van der Waals surface area contributed by atoms with Gasteiger partial charge in [-0.15, -0.1) is 10.2 Å². The molecule has 0 saturated heterocycles. The number of aromatic nitrogens is 3. The summed E-state index contributed by atoms with van der Waals surface area (Å²) in [6.07, 6.45) is 6.92. The van der Waals surface area contributed by atoms with E-state index < -0.39 is 0 Å². The quantitative estimate of drug-likeness (QED) is 0.824. The third kappa shape index (κ3) is 1.88. The van der Waals surface area contributed by atoms with E-state index >= 15 is 0 Å². The Morgan fingerprint density at radius 1 is 1.28 bits per heavy atom. The van der Waals surface area contributed by atoms with Crippen LogP contribution in [0.3, 0.4) is 0 Å². The Hall–Kier alpha value is -1.84. The van der Waals surface area contributed by atoms with Gasteiger partial charge in [0.2, 0.25) is 0 Å². The molecule has 2 aromatic rings. The van der Waals surface area contributed by atoms with Crippen LogP contribution in [-0.4, -0.2) is 14.8 Å². The van der Waals surface area contributed by atoms with Gasteiger partial charge >= 0.3 is 0 Å². The lowest BCUT2D eigenvalue weighted by Gasteiger charge is -2.15. The summed E-state index contributed by atoms with van der Waals surface area (Å²) in [6, 6.07) is 6.51. The number of rotatable bonds is 2. The Morgan fingerprint density at radius 3 is 2.83 bits per heavy atom. The van der Waals surface area contributed by atoms with Crippen LogP contribution in [0.1, 0.15) is 37.3 Å². The van der Waals surface area contributed by atoms with Crippen molar-refractivity contribution in [3.63, 3.8) is 0 Å². The highest BCUT2D eigenvalue weighted by molar-refractivity contribution is 5.65. The Bertz CT molecular complexity index is 553. The molecule has 1 heterocycles. The summed E-state index contributed by atoms with van der Waals surface area (Å²) >= 11 is 0. The third-order valence-electron chi connectivity index (χ3n) is 3.79. The van der Waals surface area contributed by atoms with Crippen LogP contribution >= 0.6 is 0 Å². The van der Waals surface area contributed by atoms with Gasteiger partial charge in [0.1, 0.15) is 6.33 Å². The van der Waals surface area contributed by atoms with Gasteiger partial charge in [-0.25, -0.2) is 0 Å². The lowest BCUT2D eigenvalue weighted by Crippen LogP contribution is -2.06. The highest BCUT2D eigenvalue weighted by Crippen LogP contribution is 2.33. The zero-order chi connectivity index (χ0) is 12.5. The Kier molecular flexibility index (Phi) is 2.78. The van der Waals surface area contributed by atoms with E-state index in [1.807, 2.05) is 24.5 Å². The van der Waals surface area contributed by atoms with Crippen LogP contribution in [0.2, 0.25) is 0 Å². The molecule has 0 radical (unpaired) electrons. The number of nitrogens with two attached hydrogens (primary N) is 1. The third-order valence-corrected chi connectivity index (χ3v) is 3.79. The average molecular weight is 242 g/mol. The van der Waals surface area contributed by atoms with Gasteiger partial charge < -0.3 is 10.3 Å². The number of nitrogen functional groups attached to an aromatic ring is 1. The first-order valence-corrected chi connectivity index (χ1v) is 6.52. The zero-order valence-corrected chi connectivity index (χ0v) is 10.6. The number of benzene rings is 1. The van der Waals surface area contributed by atoms with Crippen LogP contribution in [0.4, 0.5) is 5.69 Å². The fourth-order valence-corrected chi connectivity index (χ4v) is 2.77. The Morgan fingerprint density at radius 2 is 2.06 bits per heavy atom. The molecule has 0 spiro atoms. The number of hydrogen-bond donors (Lipinski definition) is 1. The molecule has 0 aliphatic heterocycles. The summed E-state index contributed by atoms with van der Waals surface area (Å²) in [5.41, 5.74) is 8.94. The monoisotopic (exact) mass is 242 g/mol. The topological polar surface area (TPSA) is 56.7 Å². The highest BCUT2D eigenvalue weighted by atomic mass is 15.3. The van der Waals surface area contributed by atoms with Crippen molar-refractivity contribution in [2.45, 2.75) is 38.6 Å². The van der Waals surface area contributed by atoms with E-state index in [0.717, 1.165) is 17.1 Å². The van der Waals surface area contributed by atoms with Gasteiger partial charge in [0.15, 0.2) is 5.82 Å². The predicted octanol–water partition coefficient (Wildman–Crippen LogP) is 2.95. The van der Waals surface area contributed by atoms with Crippen molar-refractivity contribution < 1.29 is 0 Å². The van der Waals surface area contributed by atoms with Gasteiger partial charge in [0, 0.05) is 17.3 Å². The molecule has 4 heteroatoms. The maximum absolute atomic E-state index is 5.88. The van der Waals surface area contributed by atoms with Gasteiger partial charge in [0.25, 0.3) is 0 Å². The first-order chi connectivity index (χ1) is 8.75. The smallest absolute Gasteiger partial charge is 0.164 e. The van der Waals surface area contributed by atoms with E-state index in [4.69, 9.17) is 5.73 Å². The first kappa shape index (κ1) is 11.3. The zero-order valence-electron chi connectivity index (χ0n) is 10.6. The molecule has 94 valence electrons. The van der Waals surface area contributed by atoms with Crippen molar-refractivity contribution in [2.24, 2.45) is 0 Å². The van der Waals surface area contributed by atoms with Crippen LogP contribution in [0.5, 0.6) is 0 Å². The second-order valence-corrected chi connectivity index (χ2v) is 5.07. The summed E-state index contributed by atoms with van der Waals surface area (Å²) in [7, 11) is 0. The Labute approximate surface area is 107 Å². The molecule has 1 aromatic heterocycles. The molecule has 0 atom stereocenters. The van der Waals surface area contributed by atoms with Crippen LogP contribution < -0.4 is 5.73 Å². The number of anilines is 1. The predicted molar refractivity (Wildman–Crippen MR) is 72.1 cm³/mol. The summed E-state index contributed by atoms with van der Waals surface area (Å²) < 4.78 is 2.22. The molecule has 0 bridgehead atoms. The first-order valence-electron chi connectivity index (χ1n) is 6.52. The van der Waals surface area contributed by atoms with Crippen molar-refractivity contribution in [1.82, 2.24) is 14.8 Å². The fraction of sp³-hybridized carbons (Fsp3) is 0.429. The maximum Gasteiger partial charge on any atom is 0.164 e. The molecule has 1 aliphatic carbocycles. The molecule has 1 fully saturated rings. The minimum absolute atomic E-state index is 0.552. The average Bonchev–Trinajstić information content (AvgIpc) is 3.00. The van der Waals surface area contributed by atoms with Gasteiger partial charge in [-0.3, -0.25) is 0 Å². The Balaban J connectivity index is 2.06. The molecular weight excluding hydrogens is 224 g/mol. The van der Waals surface area contributed by atoms with Gasteiger partial charge in [0.05, 0.1) is 0 Å². The van der Waals surface area contributed by atoms with Crippen molar-refractivity contribution >= 4 is 5.69 Å². The van der Waals surface area contributed by atoms with Gasteiger partial charge in [-0.1, -0.05) is 18.9 Å². The number of aryl methyl sites for hydroxylation is 1. The molecule has 4 nitrogen and oxygen atoms in total. The molecule has 0 amide bonds. The minimum Gasteiger partial charge on any atom is -0.399 e. The molecule has 0 unspecified atom stereocenters.